The summed E-state index contributed by atoms with van der Waals surface area (Å²) in [5, 5.41) is 26.7. The molecular weight excluding hydrogens is 240 g/mol. The highest BCUT2D eigenvalue weighted by atomic mass is 16.4. The number of carbonyl (C=O) groups excluding carboxylic acids is 1. The van der Waals surface area contributed by atoms with E-state index in [4.69, 9.17) is 5.11 Å². The lowest BCUT2D eigenvalue weighted by molar-refractivity contribution is -0.137. The number of carboxylic acid groups (broad SMARTS) is 1. The Hall–Kier alpha value is -2.19. The van der Waals surface area contributed by atoms with E-state index < -0.39 is 5.97 Å². The normalized spacial score (nSPS) is 11.8. The zero-order valence-corrected chi connectivity index (χ0v) is 10.0. The molecule has 4 N–H and O–H groups in total. The smallest absolute Gasteiger partial charge is 0.315 e. The molecule has 0 aliphatic carbocycles. The predicted molar refractivity (Wildman–Crippen MR) is 60.4 cm³/mol. The van der Waals surface area contributed by atoms with E-state index >= 15 is 0 Å². The van der Waals surface area contributed by atoms with Crippen LogP contribution in [0.25, 0.3) is 0 Å². The first-order valence-corrected chi connectivity index (χ1v) is 5.53. The molecule has 0 aliphatic heterocycles. The Morgan fingerprint density at radius 2 is 2.22 bits per heavy atom. The molecule has 9 nitrogen and oxygen atoms in total. The maximum absolute atomic E-state index is 11.4. The van der Waals surface area contributed by atoms with Crippen LogP contribution in [-0.4, -0.2) is 44.3 Å². The zero-order valence-electron chi connectivity index (χ0n) is 10.0. The van der Waals surface area contributed by atoms with Gasteiger partial charge in [-0.2, -0.15) is 5.21 Å². The number of rotatable bonds is 7. The van der Waals surface area contributed by atoms with E-state index in [1.165, 1.54) is 0 Å². The first kappa shape index (κ1) is 13.9. The van der Waals surface area contributed by atoms with Crippen molar-refractivity contribution in [3.05, 3.63) is 5.82 Å². The molecular formula is C9H16N6O3. The molecule has 0 fully saturated rings. The summed E-state index contributed by atoms with van der Waals surface area (Å²) in [5.41, 5.74) is 0. The number of carbonyl (C=O) groups is 2. The lowest BCUT2D eigenvalue weighted by Gasteiger charge is -2.11. The van der Waals surface area contributed by atoms with Gasteiger partial charge in [-0.1, -0.05) is 12.1 Å². The van der Waals surface area contributed by atoms with Gasteiger partial charge >= 0.3 is 12.0 Å². The molecule has 9 heteroatoms. The van der Waals surface area contributed by atoms with Crippen LogP contribution in [0.15, 0.2) is 0 Å². The summed E-state index contributed by atoms with van der Waals surface area (Å²) in [6.07, 6.45) is 0.633. The maximum atomic E-state index is 11.4. The van der Waals surface area contributed by atoms with Gasteiger partial charge in [0.05, 0.1) is 6.54 Å². The summed E-state index contributed by atoms with van der Waals surface area (Å²) in [6, 6.07) is -0.345. The SMILES string of the molecule is CC(CCC(=O)O)CNC(=O)NCc1nn[nH]n1. The summed E-state index contributed by atoms with van der Waals surface area (Å²) in [4.78, 5) is 21.7. The number of H-pyrrole nitrogens is 1. The van der Waals surface area contributed by atoms with Crippen molar-refractivity contribution in [2.75, 3.05) is 6.54 Å². The van der Waals surface area contributed by atoms with Gasteiger partial charge in [0, 0.05) is 13.0 Å². The van der Waals surface area contributed by atoms with Crippen molar-refractivity contribution in [2.45, 2.75) is 26.3 Å². The number of carboxylic acids is 1. The number of aromatic nitrogens is 4. The van der Waals surface area contributed by atoms with E-state index in [9.17, 15) is 9.59 Å². The van der Waals surface area contributed by atoms with Crippen molar-refractivity contribution in [3.63, 3.8) is 0 Å². The Morgan fingerprint density at radius 1 is 1.44 bits per heavy atom. The molecule has 0 saturated heterocycles. The third-order valence-corrected chi connectivity index (χ3v) is 2.26. The van der Waals surface area contributed by atoms with E-state index in [0.717, 1.165) is 0 Å². The van der Waals surface area contributed by atoms with Crippen molar-refractivity contribution >= 4 is 12.0 Å². The van der Waals surface area contributed by atoms with Crippen molar-refractivity contribution < 1.29 is 14.7 Å². The lowest BCUT2D eigenvalue weighted by Crippen LogP contribution is -2.37. The number of aromatic amines is 1. The number of nitrogens with zero attached hydrogens (tertiary/aromatic N) is 3. The third-order valence-electron chi connectivity index (χ3n) is 2.26. The quantitative estimate of drug-likeness (QED) is 0.519. The highest BCUT2D eigenvalue weighted by Gasteiger charge is 2.08. The topological polar surface area (TPSA) is 133 Å². The Morgan fingerprint density at radius 3 is 2.83 bits per heavy atom. The molecule has 0 radical (unpaired) electrons. The number of amides is 2. The second-order valence-corrected chi connectivity index (χ2v) is 3.93. The predicted octanol–water partition coefficient (Wildman–Crippen LogP) is -0.500. The number of aliphatic carboxylic acids is 1. The summed E-state index contributed by atoms with van der Waals surface area (Å²) in [6.45, 7) is 2.49. The first-order chi connectivity index (χ1) is 8.58. The molecule has 18 heavy (non-hydrogen) atoms. The zero-order chi connectivity index (χ0) is 13.4. The molecule has 2 amide bonds. The van der Waals surface area contributed by atoms with Gasteiger partial charge in [-0.3, -0.25) is 4.79 Å². The number of hydrogen-bond acceptors (Lipinski definition) is 5. The Bertz CT molecular complexity index is 380. The molecule has 1 aromatic heterocycles. The minimum Gasteiger partial charge on any atom is -0.481 e. The van der Waals surface area contributed by atoms with Crippen molar-refractivity contribution in [2.24, 2.45) is 5.92 Å². The second-order valence-electron chi connectivity index (χ2n) is 3.93. The van der Waals surface area contributed by atoms with Crippen LogP contribution >= 0.6 is 0 Å². The van der Waals surface area contributed by atoms with E-state index in [0.29, 0.717) is 18.8 Å². The summed E-state index contributed by atoms with van der Waals surface area (Å²) in [5.74, 6) is -0.329. The fourth-order valence-electron chi connectivity index (χ4n) is 1.22. The van der Waals surface area contributed by atoms with Gasteiger partial charge in [0.2, 0.25) is 0 Å². The Balaban J connectivity index is 2.11. The van der Waals surface area contributed by atoms with Gasteiger partial charge in [-0.25, -0.2) is 4.79 Å². The Labute approximate surface area is 103 Å². The van der Waals surface area contributed by atoms with E-state index in [-0.39, 0.29) is 24.9 Å². The van der Waals surface area contributed by atoms with Crippen LogP contribution in [0, 0.1) is 5.92 Å². The average molecular weight is 256 g/mol. The van der Waals surface area contributed by atoms with E-state index in [1.807, 2.05) is 6.92 Å². The van der Waals surface area contributed by atoms with Gasteiger partial charge < -0.3 is 15.7 Å². The molecule has 0 aliphatic rings. The fraction of sp³-hybridized carbons (Fsp3) is 0.667. The standard InChI is InChI=1S/C9H16N6O3/c1-6(2-3-8(16)17)4-10-9(18)11-5-7-12-14-15-13-7/h6H,2-5H2,1H3,(H,16,17)(H2,10,11,18)(H,12,13,14,15). The molecule has 1 atom stereocenters. The van der Waals surface area contributed by atoms with Crippen molar-refractivity contribution in [1.29, 1.82) is 0 Å². The molecule has 1 unspecified atom stereocenters. The minimum atomic E-state index is -0.830. The maximum Gasteiger partial charge on any atom is 0.315 e. The largest absolute Gasteiger partial charge is 0.481 e. The van der Waals surface area contributed by atoms with Crippen molar-refractivity contribution in [3.8, 4) is 0 Å². The number of hydrogen-bond donors (Lipinski definition) is 4. The Kier molecular flexibility index (Phi) is 5.55. The molecule has 0 saturated carbocycles. The highest BCUT2D eigenvalue weighted by Crippen LogP contribution is 2.03. The molecule has 0 spiro atoms. The molecule has 1 heterocycles. The van der Waals surface area contributed by atoms with Crippen molar-refractivity contribution in [1.82, 2.24) is 31.3 Å². The number of nitrogens with one attached hydrogen (secondary N) is 3. The summed E-state index contributed by atoms with van der Waals surface area (Å²) >= 11 is 0. The fourth-order valence-corrected chi connectivity index (χ4v) is 1.22. The molecule has 1 aromatic rings. The average Bonchev–Trinajstić information content (AvgIpc) is 2.84. The van der Waals surface area contributed by atoms with Gasteiger partial charge in [0.15, 0.2) is 5.82 Å². The number of tetrazole rings is 1. The molecule has 1 rings (SSSR count). The van der Waals surface area contributed by atoms with Gasteiger partial charge in [-0.05, 0) is 12.3 Å². The minimum absolute atomic E-state index is 0.104. The van der Waals surface area contributed by atoms with E-state index in [1.54, 1.807) is 0 Å². The van der Waals surface area contributed by atoms with Gasteiger partial charge in [-0.15, -0.1) is 10.2 Å². The van der Waals surface area contributed by atoms with Crippen LogP contribution in [0.1, 0.15) is 25.6 Å². The van der Waals surface area contributed by atoms with E-state index in [2.05, 4.69) is 31.3 Å². The monoisotopic (exact) mass is 256 g/mol. The van der Waals surface area contributed by atoms with Crippen LogP contribution in [-0.2, 0) is 11.3 Å². The second kappa shape index (κ2) is 7.20. The molecule has 100 valence electrons. The van der Waals surface area contributed by atoms with Gasteiger partial charge in [0.25, 0.3) is 0 Å². The van der Waals surface area contributed by atoms with Crippen LogP contribution < -0.4 is 10.6 Å². The number of urea groups is 1. The highest BCUT2D eigenvalue weighted by molar-refractivity contribution is 5.73. The summed E-state index contributed by atoms with van der Waals surface area (Å²) in [7, 11) is 0. The van der Waals surface area contributed by atoms with Crippen LogP contribution in [0.5, 0.6) is 0 Å². The molecule has 0 aromatic carbocycles. The summed E-state index contributed by atoms with van der Waals surface area (Å²) < 4.78 is 0. The van der Waals surface area contributed by atoms with Crippen LogP contribution in [0.3, 0.4) is 0 Å². The van der Waals surface area contributed by atoms with Crippen LogP contribution in [0.4, 0.5) is 4.79 Å². The van der Waals surface area contributed by atoms with Crippen LogP contribution in [0.2, 0.25) is 0 Å². The lowest BCUT2D eigenvalue weighted by atomic mass is 10.1. The first-order valence-electron chi connectivity index (χ1n) is 5.53. The van der Waals surface area contributed by atoms with Gasteiger partial charge in [0.1, 0.15) is 0 Å². The molecule has 0 bridgehead atoms. The third kappa shape index (κ3) is 5.77.